The first-order valence-electron chi connectivity index (χ1n) is 5.62. The summed E-state index contributed by atoms with van der Waals surface area (Å²) >= 11 is 5.92. The van der Waals surface area contributed by atoms with Crippen LogP contribution >= 0.6 is 11.6 Å². The van der Waals surface area contributed by atoms with Crippen LogP contribution in [-0.2, 0) is 4.74 Å². The molecule has 0 fully saturated rings. The smallest absolute Gasteiger partial charge is 0.414 e. The first-order chi connectivity index (χ1) is 8.67. The van der Waals surface area contributed by atoms with Crippen LogP contribution in [0.5, 0.6) is 0 Å². The molecule has 0 bridgehead atoms. The van der Waals surface area contributed by atoms with E-state index in [1.165, 1.54) is 4.90 Å². The second-order valence-electron chi connectivity index (χ2n) is 3.81. The third-order valence-electron chi connectivity index (χ3n) is 2.74. The molecular weight excluding hydrogens is 256 g/mol. The van der Waals surface area contributed by atoms with Crippen LogP contribution in [0.2, 0.25) is 5.02 Å². The molecule has 0 atom stereocenters. The Hall–Kier alpha value is -1.75. The molecule has 1 aromatic carbocycles. The number of hydrogen-bond donors (Lipinski definition) is 1. The van der Waals surface area contributed by atoms with E-state index in [4.69, 9.17) is 21.5 Å². The third-order valence-corrected chi connectivity index (χ3v) is 2.98. The van der Waals surface area contributed by atoms with Crippen molar-refractivity contribution in [2.24, 2.45) is 5.16 Å². The zero-order chi connectivity index (χ0) is 13.1. The lowest BCUT2D eigenvalue weighted by Crippen LogP contribution is -2.38. The normalized spacial score (nSPS) is 16.6. The molecule has 0 unspecified atom stereocenters. The van der Waals surface area contributed by atoms with Crippen molar-refractivity contribution in [3.63, 3.8) is 0 Å². The number of amides is 1. The van der Waals surface area contributed by atoms with Crippen molar-refractivity contribution in [1.82, 2.24) is 0 Å². The zero-order valence-electron chi connectivity index (χ0n) is 9.89. The van der Waals surface area contributed by atoms with Gasteiger partial charge in [-0.05, 0) is 25.1 Å². The summed E-state index contributed by atoms with van der Waals surface area (Å²) in [5, 5.41) is 12.7. The molecule has 1 amide bonds. The largest absolute Gasteiger partial charge is 0.449 e. The topological polar surface area (TPSA) is 62.1 Å². The molecule has 0 saturated carbocycles. The van der Waals surface area contributed by atoms with Gasteiger partial charge in [0.05, 0.1) is 18.0 Å². The summed E-state index contributed by atoms with van der Waals surface area (Å²) in [5.41, 5.74) is 1.83. The highest BCUT2D eigenvalue weighted by Gasteiger charge is 2.27. The van der Waals surface area contributed by atoms with Crippen molar-refractivity contribution in [3.05, 3.63) is 28.8 Å². The first kappa shape index (κ1) is 12.7. The minimum absolute atomic E-state index is 0.319. The maximum Gasteiger partial charge on any atom is 0.414 e. The van der Waals surface area contributed by atoms with Crippen molar-refractivity contribution >= 4 is 29.1 Å². The zero-order valence-corrected chi connectivity index (χ0v) is 10.6. The van der Waals surface area contributed by atoms with Crippen molar-refractivity contribution in [3.8, 4) is 0 Å². The van der Waals surface area contributed by atoms with E-state index in [9.17, 15) is 4.79 Å². The number of ether oxygens (including phenoxy) is 1. The highest BCUT2D eigenvalue weighted by molar-refractivity contribution is 6.31. The fourth-order valence-corrected chi connectivity index (χ4v) is 2.11. The van der Waals surface area contributed by atoms with Gasteiger partial charge in [-0.2, -0.15) is 0 Å². The van der Waals surface area contributed by atoms with Crippen LogP contribution in [0.15, 0.2) is 23.4 Å². The number of anilines is 1. The summed E-state index contributed by atoms with van der Waals surface area (Å²) in [6, 6.07) is 5.09. The van der Waals surface area contributed by atoms with Gasteiger partial charge in [-0.1, -0.05) is 16.8 Å². The van der Waals surface area contributed by atoms with Crippen LogP contribution in [0.3, 0.4) is 0 Å². The van der Waals surface area contributed by atoms with Gasteiger partial charge in [0, 0.05) is 23.6 Å². The molecule has 0 aromatic heterocycles. The SMILES string of the molecule is CCOC(=O)N1CCC(=NO)c2cc(Cl)ccc21. The lowest BCUT2D eigenvalue weighted by Gasteiger charge is -2.28. The number of nitrogens with zero attached hydrogens (tertiary/aromatic N) is 2. The van der Waals surface area contributed by atoms with Gasteiger partial charge < -0.3 is 9.94 Å². The summed E-state index contributed by atoms with van der Waals surface area (Å²) in [6.45, 7) is 2.50. The van der Waals surface area contributed by atoms with Gasteiger partial charge in [0.2, 0.25) is 0 Å². The molecule has 1 aromatic rings. The van der Waals surface area contributed by atoms with E-state index in [1.807, 2.05) is 0 Å². The average molecular weight is 269 g/mol. The van der Waals surface area contributed by atoms with Gasteiger partial charge >= 0.3 is 6.09 Å². The van der Waals surface area contributed by atoms with Crippen LogP contribution in [0.4, 0.5) is 10.5 Å². The van der Waals surface area contributed by atoms with Gasteiger partial charge in [0.15, 0.2) is 0 Å². The molecular formula is C12H13ClN2O3. The van der Waals surface area contributed by atoms with Crippen LogP contribution in [0.25, 0.3) is 0 Å². The van der Waals surface area contributed by atoms with Crippen LogP contribution in [0.1, 0.15) is 18.9 Å². The minimum Gasteiger partial charge on any atom is -0.449 e. The molecule has 1 heterocycles. The monoisotopic (exact) mass is 268 g/mol. The molecule has 18 heavy (non-hydrogen) atoms. The molecule has 1 aliphatic rings. The molecule has 0 aliphatic carbocycles. The quantitative estimate of drug-likeness (QED) is 0.629. The highest BCUT2D eigenvalue weighted by atomic mass is 35.5. The Morgan fingerprint density at radius 3 is 3.06 bits per heavy atom. The van der Waals surface area contributed by atoms with E-state index in [0.717, 1.165) is 0 Å². The number of carbonyl (C=O) groups excluding carboxylic acids is 1. The maximum atomic E-state index is 11.8. The third kappa shape index (κ3) is 2.26. The van der Waals surface area contributed by atoms with Gasteiger partial charge in [0.25, 0.3) is 0 Å². The summed E-state index contributed by atoms with van der Waals surface area (Å²) in [4.78, 5) is 13.3. The highest BCUT2D eigenvalue weighted by Crippen LogP contribution is 2.30. The molecule has 2 rings (SSSR count). The van der Waals surface area contributed by atoms with Gasteiger partial charge in [-0.3, -0.25) is 4.90 Å². The van der Waals surface area contributed by atoms with Crippen molar-refractivity contribution in [2.45, 2.75) is 13.3 Å². The first-order valence-corrected chi connectivity index (χ1v) is 6.00. The fourth-order valence-electron chi connectivity index (χ4n) is 1.94. The van der Waals surface area contributed by atoms with Gasteiger partial charge in [-0.25, -0.2) is 4.79 Å². The lowest BCUT2D eigenvalue weighted by atomic mass is 10.00. The Balaban J connectivity index is 2.43. The molecule has 5 nitrogen and oxygen atoms in total. The Bertz CT molecular complexity index is 502. The number of carbonyl (C=O) groups is 1. The van der Waals surface area contributed by atoms with Crippen LogP contribution in [-0.4, -0.2) is 30.2 Å². The Kier molecular flexibility index (Phi) is 3.72. The molecule has 0 saturated heterocycles. The Morgan fingerprint density at radius 1 is 1.61 bits per heavy atom. The molecule has 0 spiro atoms. The second kappa shape index (κ2) is 5.27. The predicted molar refractivity (Wildman–Crippen MR) is 68.8 cm³/mol. The standard InChI is InChI=1S/C12H13ClN2O3/c1-2-18-12(16)15-6-5-10(14-17)9-7-8(13)3-4-11(9)15/h3-4,7,17H,2,5-6H2,1H3. The fraction of sp³-hybridized carbons (Fsp3) is 0.333. The molecule has 96 valence electrons. The maximum absolute atomic E-state index is 11.8. The summed E-state index contributed by atoms with van der Waals surface area (Å²) in [7, 11) is 0. The number of halogens is 1. The molecule has 1 N–H and O–H groups in total. The number of benzene rings is 1. The summed E-state index contributed by atoms with van der Waals surface area (Å²) in [5.74, 6) is 0. The Labute approximate surface area is 110 Å². The lowest BCUT2D eigenvalue weighted by molar-refractivity contribution is 0.159. The van der Waals surface area contributed by atoms with Crippen molar-refractivity contribution < 1.29 is 14.7 Å². The van der Waals surface area contributed by atoms with E-state index in [0.29, 0.717) is 41.6 Å². The minimum atomic E-state index is -0.405. The van der Waals surface area contributed by atoms with Gasteiger partial charge in [-0.15, -0.1) is 0 Å². The number of oxime groups is 1. The summed E-state index contributed by atoms with van der Waals surface area (Å²) < 4.78 is 4.99. The number of hydrogen-bond acceptors (Lipinski definition) is 4. The molecule has 6 heteroatoms. The number of fused-ring (bicyclic) bond motifs is 1. The summed E-state index contributed by atoms with van der Waals surface area (Å²) in [6.07, 6.45) is 0.0564. The van der Waals surface area contributed by atoms with E-state index in [-0.39, 0.29) is 0 Å². The Morgan fingerprint density at radius 2 is 2.39 bits per heavy atom. The van der Waals surface area contributed by atoms with E-state index >= 15 is 0 Å². The van der Waals surface area contributed by atoms with Gasteiger partial charge in [0.1, 0.15) is 0 Å². The van der Waals surface area contributed by atoms with Crippen molar-refractivity contribution in [1.29, 1.82) is 0 Å². The van der Waals surface area contributed by atoms with Crippen molar-refractivity contribution in [2.75, 3.05) is 18.1 Å². The van der Waals surface area contributed by atoms with E-state index in [2.05, 4.69) is 5.16 Å². The molecule has 1 aliphatic heterocycles. The van der Waals surface area contributed by atoms with E-state index < -0.39 is 6.09 Å². The number of rotatable bonds is 1. The second-order valence-corrected chi connectivity index (χ2v) is 4.25. The van der Waals surface area contributed by atoms with Crippen LogP contribution in [0, 0.1) is 0 Å². The van der Waals surface area contributed by atoms with Crippen LogP contribution < -0.4 is 4.90 Å². The average Bonchev–Trinajstić information content (AvgIpc) is 2.37. The molecule has 0 radical (unpaired) electrons. The van der Waals surface area contributed by atoms with E-state index in [1.54, 1.807) is 25.1 Å². The predicted octanol–water partition coefficient (Wildman–Crippen LogP) is 2.88.